The van der Waals surface area contributed by atoms with Gasteiger partial charge in [0.2, 0.25) is 0 Å². The summed E-state index contributed by atoms with van der Waals surface area (Å²) in [5, 5.41) is 2.58. The van der Waals surface area contributed by atoms with Crippen LogP contribution >= 0.6 is 0 Å². The van der Waals surface area contributed by atoms with E-state index in [-0.39, 0.29) is 12.7 Å². The molecule has 7 nitrogen and oxygen atoms in total. The molecular weight excluding hydrogens is 374 g/mol. The highest BCUT2D eigenvalue weighted by atomic mass is 16.6. The van der Waals surface area contributed by atoms with Gasteiger partial charge in [0.1, 0.15) is 5.75 Å². The van der Waals surface area contributed by atoms with Crippen molar-refractivity contribution >= 4 is 23.5 Å². The van der Waals surface area contributed by atoms with E-state index in [1.54, 1.807) is 44.2 Å². The van der Waals surface area contributed by atoms with Crippen molar-refractivity contribution in [3.05, 3.63) is 59.2 Å². The molecule has 0 radical (unpaired) electrons. The Morgan fingerprint density at radius 1 is 0.966 bits per heavy atom. The van der Waals surface area contributed by atoms with Crippen molar-refractivity contribution in [2.75, 3.05) is 18.5 Å². The second-order valence-corrected chi connectivity index (χ2v) is 6.80. The van der Waals surface area contributed by atoms with E-state index in [1.165, 1.54) is 0 Å². The van der Waals surface area contributed by atoms with Crippen LogP contribution in [-0.2, 0) is 19.1 Å². The van der Waals surface area contributed by atoms with Gasteiger partial charge in [-0.05, 0) is 63.6 Å². The summed E-state index contributed by atoms with van der Waals surface area (Å²) < 4.78 is 15.4. The molecule has 0 fully saturated rings. The van der Waals surface area contributed by atoms with Gasteiger partial charge in [-0.1, -0.05) is 17.7 Å². The zero-order valence-electron chi connectivity index (χ0n) is 17.0. The van der Waals surface area contributed by atoms with Crippen molar-refractivity contribution in [3.8, 4) is 5.75 Å². The average Bonchev–Trinajstić information content (AvgIpc) is 2.65. The molecule has 1 N–H and O–H groups in total. The number of hydrogen-bond acceptors (Lipinski definition) is 6. The van der Waals surface area contributed by atoms with Gasteiger partial charge >= 0.3 is 11.9 Å². The monoisotopic (exact) mass is 399 g/mol. The van der Waals surface area contributed by atoms with Crippen LogP contribution in [0, 0.1) is 13.8 Å². The number of rotatable bonds is 8. The third-order valence-corrected chi connectivity index (χ3v) is 3.79. The van der Waals surface area contributed by atoms with Crippen LogP contribution in [0.25, 0.3) is 0 Å². The van der Waals surface area contributed by atoms with E-state index >= 15 is 0 Å². The number of amides is 1. The molecule has 0 bridgehead atoms. The highest BCUT2D eigenvalue weighted by Crippen LogP contribution is 2.18. The molecule has 0 saturated heterocycles. The Bertz CT molecular complexity index is 873. The van der Waals surface area contributed by atoms with Gasteiger partial charge in [0.15, 0.2) is 13.2 Å². The second kappa shape index (κ2) is 10.3. The van der Waals surface area contributed by atoms with Gasteiger partial charge in [-0.25, -0.2) is 9.59 Å². The normalized spacial score (nSPS) is 10.4. The third kappa shape index (κ3) is 7.29. The molecule has 2 rings (SSSR count). The lowest BCUT2D eigenvalue weighted by molar-refractivity contribution is -0.149. The lowest BCUT2D eigenvalue weighted by Crippen LogP contribution is -2.23. The Morgan fingerprint density at radius 3 is 2.28 bits per heavy atom. The molecule has 154 valence electrons. The van der Waals surface area contributed by atoms with Gasteiger partial charge in [0.25, 0.3) is 5.91 Å². The fourth-order valence-electron chi connectivity index (χ4n) is 2.45. The maximum absolute atomic E-state index is 11.9. The van der Waals surface area contributed by atoms with E-state index in [0.29, 0.717) is 17.0 Å². The fraction of sp³-hybridized carbons (Fsp3) is 0.318. The third-order valence-electron chi connectivity index (χ3n) is 3.79. The molecule has 29 heavy (non-hydrogen) atoms. The predicted molar refractivity (Wildman–Crippen MR) is 108 cm³/mol. The Morgan fingerprint density at radius 2 is 1.66 bits per heavy atom. The zero-order valence-corrected chi connectivity index (χ0v) is 17.0. The summed E-state index contributed by atoms with van der Waals surface area (Å²) in [6.07, 6.45) is -0.213. The Labute approximate surface area is 170 Å². The summed E-state index contributed by atoms with van der Waals surface area (Å²) in [5.41, 5.74) is 2.86. The van der Waals surface area contributed by atoms with Gasteiger partial charge in [0, 0.05) is 5.69 Å². The molecular formula is C22H25NO6. The van der Waals surface area contributed by atoms with Crippen LogP contribution in [0.4, 0.5) is 5.69 Å². The van der Waals surface area contributed by atoms with Crippen molar-refractivity contribution in [3.63, 3.8) is 0 Å². The number of carbonyl (C=O) groups is 3. The average molecular weight is 399 g/mol. The lowest BCUT2D eigenvalue weighted by Gasteiger charge is -2.10. The molecule has 0 aliphatic heterocycles. The van der Waals surface area contributed by atoms with Crippen molar-refractivity contribution in [2.45, 2.75) is 33.8 Å². The first kappa shape index (κ1) is 21.9. The van der Waals surface area contributed by atoms with Crippen LogP contribution in [0.3, 0.4) is 0 Å². The van der Waals surface area contributed by atoms with Crippen LogP contribution in [-0.4, -0.2) is 37.2 Å². The van der Waals surface area contributed by atoms with Gasteiger partial charge < -0.3 is 19.5 Å². The summed E-state index contributed by atoms with van der Waals surface area (Å²) in [6, 6.07) is 11.8. The topological polar surface area (TPSA) is 90.9 Å². The molecule has 0 heterocycles. The summed E-state index contributed by atoms with van der Waals surface area (Å²) in [5.74, 6) is -0.988. The van der Waals surface area contributed by atoms with E-state index in [0.717, 1.165) is 11.1 Å². The summed E-state index contributed by atoms with van der Waals surface area (Å²) in [4.78, 5) is 35.5. The lowest BCUT2D eigenvalue weighted by atomic mass is 10.1. The molecule has 0 spiro atoms. The van der Waals surface area contributed by atoms with Crippen molar-refractivity contribution in [1.82, 2.24) is 0 Å². The van der Waals surface area contributed by atoms with Gasteiger partial charge in [0.05, 0.1) is 11.7 Å². The van der Waals surface area contributed by atoms with Crippen molar-refractivity contribution < 1.29 is 28.6 Å². The van der Waals surface area contributed by atoms with Crippen molar-refractivity contribution in [2.24, 2.45) is 0 Å². The minimum atomic E-state index is -0.646. The standard InChI is InChI=1S/C22H25NO6/c1-14(2)29-22(26)17-6-8-18(9-7-17)23-20(24)12-28-21(25)13-27-19-10-5-15(3)11-16(19)4/h5-11,14H,12-13H2,1-4H3,(H,23,24). The minimum absolute atomic E-state index is 0.213. The smallest absolute Gasteiger partial charge is 0.344 e. The fourth-order valence-corrected chi connectivity index (χ4v) is 2.45. The molecule has 7 heteroatoms. The summed E-state index contributed by atoms with van der Waals surface area (Å²) >= 11 is 0. The Hall–Kier alpha value is -3.35. The maximum Gasteiger partial charge on any atom is 0.344 e. The summed E-state index contributed by atoms with van der Waals surface area (Å²) in [7, 11) is 0. The molecule has 0 atom stereocenters. The SMILES string of the molecule is Cc1ccc(OCC(=O)OCC(=O)Nc2ccc(C(=O)OC(C)C)cc2)c(C)c1. The van der Waals surface area contributed by atoms with E-state index in [2.05, 4.69) is 5.32 Å². The van der Waals surface area contributed by atoms with E-state index in [9.17, 15) is 14.4 Å². The highest BCUT2D eigenvalue weighted by molar-refractivity contribution is 5.94. The molecule has 2 aromatic carbocycles. The highest BCUT2D eigenvalue weighted by Gasteiger charge is 2.12. The first-order chi connectivity index (χ1) is 13.7. The molecule has 2 aromatic rings. The van der Waals surface area contributed by atoms with Gasteiger partial charge in [-0.15, -0.1) is 0 Å². The summed E-state index contributed by atoms with van der Waals surface area (Å²) in [6.45, 7) is 6.65. The number of carbonyl (C=O) groups excluding carboxylic acids is 3. The quantitative estimate of drug-likeness (QED) is 0.684. The van der Waals surface area contributed by atoms with Crippen molar-refractivity contribution in [1.29, 1.82) is 0 Å². The van der Waals surface area contributed by atoms with Crippen LogP contribution in [0.2, 0.25) is 0 Å². The van der Waals surface area contributed by atoms with Crippen LogP contribution < -0.4 is 10.1 Å². The second-order valence-electron chi connectivity index (χ2n) is 6.80. The molecule has 1 amide bonds. The molecule has 0 unspecified atom stereocenters. The molecule has 0 aliphatic rings. The number of nitrogens with one attached hydrogen (secondary N) is 1. The first-order valence-corrected chi connectivity index (χ1v) is 9.21. The first-order valence-electron chi connectivity index (χ1n) is 9.21. The Balaban J connectivity index is 1.76. The number of ether oxygens (including phenoxy) is 3. The van der Waals surface area contributed by atoms with E-state index < -0.39 is 24.5 Å². The largest absolute Gasteiger partial charge is 0.482 e. The number of hydrogen-bond donors (Lipinski definition) is 1. The van der Waals surface area contributed by atoms with Crippen LogP contribution in [0.5, 0.6) is 5.75 Å². The van der Waals surface area contributed by atoms with Gasteiger partial charge in [-0.3, -0.25) is 4.79 Å². The van der Waals surface area contributed by atoms with E-state index in [4.69, 9.17) is 14.2 Å². The number of esters is 2. The zero-order chi connectivity index (χ0) is 21.4. The number of aryl methyl sites for hydroxylation is 2. The van der Waals surface area contributed by atoms with Gasteiger partial charge in [-0.2, -0.15) is 0 Å². The molecule has 0 aliphatic carbocycles. The number of benzene rings is 2. The Kier molecular flexibility index (Phi) is 7.77. The number of anilines is 1. The van der Waals surface area contributed by atoms with E-state index in [1.807, 2.05) is 26.0 Å². The molecule has 0 saturated carbocycles. The van der Waals surface area contributed by atoms with Crippen LogP contribution in [0.15, 0.2) is 42.5 Å². The van der Waals surface area contributed by atoms with Crippen LogP contribution in [0.1, 0.15) is 35.3 Å². The predicted octanol–water partition coefficient (Wildman–Crippen LogP) is 3.43. The minimum Gasteiger partial charge on any atom is -0.482 e. The molecule has 0 aromatic heterocycles. The maximum atomic E-state index is 11.9.